The molecule has 7 nitrogen and oxygen atoms in total. The number of rotatable bonds is 5. The predicted octanol–water partition coefficient (Wildman–Crippen LogP) is 2.91. The number of benzene rings is 1. The molecule has 4 heterocycles. The summed E-state index contributed by atoms with van der Waals surface area (Å²) in [6, 6.07) is 10.5. The molecule has 8 heteroatoms. The van der Waals surface area contributed by atoms with E-state index in [1.165, 1.54) is 17.7 Å². The zero-order valence-electron chi connectivity index (χ0n) is 18.4. The number of carbonyl (C=O) groups is 2. The highest BCUT2D eigenvalue weighted by atomic mass is 19.1. The maximum absolute atomic E-state index is 13.8. The smallest absolute Gasteiger partial charge is 0.307 e. The fourth-order valence-corrected chi connectivity index (χ4v) is 5.15. The van der Waals surface area contributed by atoms with Crippen molar-refractivity contribution in [2.45, 2.75) is 32.4 Å². The molecule has 1 atom stereocenters. The lowest BCUT2D eigenvalue weighted by Crippen LogP contribution is -2.46. The summed E-state index contributed by atoms with van der Waals surface area (Å²) in [7, 11) is 0. The van der Waals surface area contributed by atoms with Crippen LogP contribution in [-0.4, -0.2) is 62.5 Å². The number of piperidine rings is 1. The van der Waals surface area contributed by atoms with Crippen molar-refractivity contribution in [2.75, 3.05) is 26.2 Å². The Labute approximate surface area is 191 Å². The first-order valence-corrected chi connectivity index (χ1v) is 11.4. The largest absolute Gasteiger partial charge is 0.481 e. The Hall–Kier alpha value is -3.26. The molecule has 33 heavy (non-hydrogen) atoms. The first-order chi connectivity index (χ1) is 16.0. The van der Waals surface area contributed by atoms with E-state index in [1.807, 2.05) is 21.9 Å². The number of hydrogen-bond acceptors (Lipinski definition) is 4. The van der Waals surface area contributed by atoms with Gasteiger partial charge >= 0.3 is 5.97 Å². The molecule has 1 N–H and O–H groups in total. The highest BCUT2D eigenvalue weighted by Gasteiger charge is 2.30. The van der Waals surface area contributed by atoms with Crippen molar-refractivity contribution in [3.63, 3.8) is 0 Å². The monoisotopic (exact) mass is 450 g/mol. The highest BCUT2D eigenvalue weighted by Crippen LogP contribution is 2.31. The third-order valence-electron chi connectivity index (χ3n) is 6.81. The number of carboxylic acid groups (broad SMARTS) is 1. The Kier molecular flexibility index (Phi) is 5.85. The summed E-state index contributed by atoms with van der Waals surface area (Å²) in [4.78, 5) is 32.9. The number of likely N-dealkylation sites (tertiary alicyclic amines) is 1. The van der Waals surface area contributed by atoms with Gasteiger partial charge in [0.1, 0.15) is 11.5 Å². The van der Waals surface area contributed by atoms with Crippen LogP contribution in [0.2, 0.25) is 0 Å². The summed E-state index contributed by atoms with van der Waals surface area (Å²) in [5.74, 6) is -1.45. The number of aromatic nitrogens is 2. The second-order valence-corrected chi connectivity index (χ2v) is 8.99. The highest BCUT2D eigenvalue weighted by molar-refractivity contribution is 5.84. The van der Waals surface area contributed by atoms with E-state index in [0.29, 0.717) is 32.6 Å². The van der Waals surface area contributed by atoms with E-state index in [2.05, 4.69) is 15.6 Å². The standard InChI is InChI=1S/C25H27FN4O3/c26-19-6-1-4-17(12-19)13-30-22-15-29(11-8-20(22)21-7-2-9-27-24(21)30)23(31)16-28-10-3-5-18(14-28)25(32)33/h1-2,4,6-7,9,12,18H,3,5,8,10-11,13-16H2,(H,32,33). The number of pyridine rings is 1. The van der Waals surface area contributed by atoms with Gasteiger partial charge in [0.05, 0.1) is 19.0 Å². The van der Waals surface area contributed by atoms with Gasteiger partial charge in [-0.1, -0.05) is 12.1 Å². The zero-order chi connectivity index (χ0) is 22.9. The van der Waals surface area contributed by atoms with E-state index in [4.69, 9.17) is 0 Å². The minimum atomic E-state index is -0.788. The van der Waals surface area contributed by atoms with E-state index in [1.54, 1.807) is 12.3 Å². The van der Waals surface area contributed by atoms with Crippen molar-refractivity contribution in [3.05, 3.63) is 65.2 Å². The summed E-state index contributed by atoms with van der Waals surface area (Å²) >= 11 is 0. The van der Waals surface area contributed by atoms with Gasteiger partial charge in [-0.05, 0) is 61.2 Å². The first-order valence-electron chi connectivity index (χ1n) is 11.4. The van der Waals surface area contributed by atoms with Crippen LogP contribution < -0.4 is 0 Å². The van der Waals surface area contributed by atoms with Crippen LogP contribution in [0.3, 0.4) is 0 Å². The van der Waals surface area contributed by atoms with E-state index < -0.39 is 11.9 Å². The maximum Gasteiger partial charge on any atom is 0.307 e. The van der Waals surface area contributed by atoms with Crippen LogP contribution in [0.4, 0.5) is 4.39 Å². The van der Waals surface area contributed by atoms with Crippen molar-refractivity contribution < 1.29 is 19.1 Å². The topological polar surface area (TPSA) is 78.7 Å². The van der Waals surface area contributed by atoms with Gasteiger partial charge in [-0.2, -0.15) is 0 Å². The Balaban J connectivity index is 1.39. The van der Waals surface area contributed by atoms with Gasteiger partial charge in [-0.15, -0.1) is 0 Å². The number of carbonyl (C=O) groups excluding carboxylic acids is 1. The molecule has 172 valence electrons. The van der Waals surface area contributed by atoms with Crippen LogP contribution in [0.5, 0.6) is 0 Å². The van der Waals surface area contributed by atoms with Gasteiger partial charge in [-0.25, -0.2) is 9.37 Å². The molecule has 1 amide bonds. The van der Waals surface area contributed by atoms with Gasteiger partial charge < -0.3 is 14.6 Å². The molecule has 1 unspecified atom stereocenters. The van der Waals surface area contributed by atoms with Crippen molar-refractivity contribution in [3.8, 4) is 0 Å². The van der Waals surface area contributed by atoms with Crippen LogP contribution in [0.25, 0.3) is 11.0 Å². The summed E-state index contributed by atoms with van der Waals surface area (Å²) in [5, 5.41) is 10.4. The lowest BCUT2D eigenvalue weighted by Gasteiger charge is -2.34. The van der Waals surface area contributed by atoms with E-state index in [-0.39, 0.29) is 18.3 Å². The van der Waals surface area contributed by atoms with Gasteiger partial charge in [0.15, 0.2) is 0 Å². The van der Waals surface area contributed by atoms with Crippen LogP contribution in [-0.2, 0) is 29.1 Å². The van der Waals surface area contributed by atoms with E-state index in [9.17, 15) is 19.1 Å². The Morgan fingerprint density at radius 3 is 2.88 bits per heavy atom. The lowest BCUT2D eigenvalue weighted by molar-refractivity contribution is -0.145. The lowest BCUT2D eigenvalue weighted by atomic mass is 9.98. The number of amides is 1. The molecule has 2 aliphatic rings. The molecule has 0 bridgehead atoms. The molecule has 1 saturated heterocycles. The van der Waals surface area contributed by atoms with Crippen molar-refractivity contribution in [1.29, 1.82) is 0 Å². The second kappa shape index (κ2) is 8.94. The number of carboxylic acids is 1. The maximum atomic E-state index is 13.8. The molecule has 1 aromatic carbocycles. The number of fused-ring (bicyclic) bond motifs is 3. The molecule has 2 aromatic heterocycles. The third kappa shape index (κ3) is 4.35. The minimum Gasteiger partial charge on any atom is -0.481 e. The fraction of sp³-hybridized carbons (Fsp3) is 0.400. The predicted molar refractivity (Wildman–Crippen MR) is 121 cm³/mol. The molecule has 0 radical (unpaired) electrons. The molecule has 0 spiro atoms. The Bertz CT molecular complexity index is 1210. The normalized spacial score (nSPS) is 18.9. The first kappa shape index (κ1) is 21.6. The third-order valence-corrected chi connectivity index (χ3v) is 6.81. The van der Waals surface area contributed by atoms with Crippen LogP contribution >= 0.6 is 0 Å². The quantitative estimate of drug-likeness (QED) is 0.647. The molecular formula is C25H27FN4O3. The average Bonchev–Trinajstić information content (AvgIpc) is 3.12. The number of aliphatic carboxylic acids is 1. The molecule has 1 fully saturated rings. The van der Waals surface area contributed by atoms with Gasteiger partial charge in [0.2, 0.25) is 5.91 Å². The van der Waals surface area contributed by atoms with Crippen LogP contribution in [0.1, 0.15) is 29.7 Å². The fourth-order valence-electron chi connectivity index (χ4n) is 5.15. The molecule has 0 aliphatic carbocycles. The number of halogens is 1. The van der Waals surface area contributed by atoms with E-state index >= 15 is 0 Å². The number of nitrogens with zero attached hydrogens (tertiary/aromatic N) is 4. The van der Waals surface area contributed by atoms with Crippen molar-refractivity contribution in [2.24, 2.45) is 5.92 Å². The molecular weight excluding hydrogens is 423 g/mol. The molecule has 2 aliphatic heterocycles. The van der Waals surface area contributed by atoms with Gasteiger partial charge in [0, 0.05) is 36.9 Å². The van der Waals surface area contributed by atoms with Gasteiger partial charge in [-0.3, -0.25) is 14.5 Å². The minimum absolute atomic E-state index is 0.0159. The van der Waals surface area contributed by atoms with Crippen LogP contribution in [0.15, 0.2) is 42.6 Å². The molecule has 0 saturated carbocycles. The summed E-state index contributed by atoms with van der Waals surface area (Å²) in [6.07, 6.45) is 3.95. The van der Waals surface area contributed by atoms with Gasteiger partial charge in [0.25, 0.3) is 0 Å². The number of hydrogen-bond donors (Lipinski definition) is 1. The Morgan fingerprint density at radius 2 is 2.06 bits per heavy atom. The van der Waals surface area contributed by atoms with Crippen LogP contribution in [0, 0.1) is 11.7 Å². The van der Waals surface area contributed by atoms with E-state index in [0.717, 1.165) is 41.7 Å². The zero-order valence-corrected chi connectivity index (χ0v) is 18.4. The molecule has 3 aromatic rings. The molecule has 5 rings (SSSR count). The summed E-state index contributed by atoms with van der Waals surface area (Å²) in [5.41, 5.74) is 3.93. The second-order valence-electron chi connectivity index (χ2n) is 8.99. The Morgan fingerprint density at radius 1 is 1.18 bits per heavy atom. The van der Waals surface area contributed by atoms with Crippen molar-refractivity contribution in [1.82, 2.24) is 19.4 Å². The average molecular weight is 451 g/mol. The summed E-state index contributed by atoms with van der Waals surface area (Å²) in [6.45, 7) is 2.98. The van der Waals surface area contributed by atoms with Crippen molar-refractivity contribution >= 4 is 22.9 Å². The SMILES string of the molecule is O=C(O)C1CCCN(CC(=O)N2CCc3c(n(Cc4cccc(F)c4)c4ncccc34)C2)C1. The summed E-state index contributed by atoms with van der Waals surface area (Å²) < 4.78 is 15.9.